The molecule has 0 aliphatic heterocycles. The fourth-order valence-corrected chi connectivity index (χ4v) is 2.91. The molecule has 1 aromatic heterocycles. The zero-order chi connectivity index (χ0) is 20.9. The van der Waals surface area contributed by atoms with E-state index in [9.17, 15) is 4.39 Å². The lowest BCUT2D eigenvalue weighted by molar-refractivity contribution is 0.280. The first kappa shape index (κ1) is 19.4. The molecule has 4 rings (SSSR count). The third kappa shape index (κ3) is 4.10. The van der Waals surface area contributed by atoms with E-state index in [4.69, 9.17) is 18.7 Å². The summed E-state index contributed by atoms with van der Waals surface area (Å²) in [5, 5.41) is 4.06. The topological polar surface area (TPSA) is 66.6 Å². The van der Waals surface area contributed by atoms with Gasteiger partial charge in [-0.2, -0.15) is 4.98 Å². The largest absolute Gasteiger partial charge is 0.497 e. The van der Waals surface area contributed by atoms with Crippen molar-refractivity contribution >= 4 is 0 Å². The molecule has 6 nitrogen and oxygen atoms in total. The SMILES string of the molecule is COc1cccc(-c2nc(-c3ccc(OCc4ccccc4F)c(OC)c3)no2)c1. The molecular weight excluding hydrogens is 387 g/mol. The molecule has 0 aliphatic carbocycles. The number of ether oxygens (including phenoxy) is 3. The molecule has 3 aromatic carbocycles. The van der Waals surface area contributed by atoms with E-state index in [0.717, 1.165) is 5.56 Å². The van der Waals surface area contributed by atoms with Crippen LogP contribution in [0.2, 0.25) is 0 Å². The zero-order valence-corrected chi connectivity index (χ0v) is 16.5. The van der Waals surface area contributed by atoms with Crippen molar-refractivity contribution in [3.05, 3.63) is 78.1 Å². The summed E-state index contributed by atoms with van der Waals surface area (Å²) in [5.41, 5.74) is 1.91. The standard InChI is InChI=1S/C23H19FN2O4/c1-27-18-8-5-7-16(12-18)23-25-22(26-30-23)15-10-11-20(21(13-15)28-2)29-14-17-6-3-4-9-19(17)24/h3-13H,14H2,1-2H3. The van der Waals surface area contributed by atoms with Gasteiger partial charge >= 0.3 is 0 Å². The first-order valence-electron chi connectivity index (χ1n) is 9.20. The van der Waals surface area contributed by atoms with Crippen LogP contribution < -0.4 is 14.2 Å². The Kier molecular flexibility index (Phi) is 5.61. The van der Waals surface area contributed by atoms with Gasteiger partial charge in [-0.15, -0.1) is 0 Å². The predicted molar refractivity (Wildman–Crippen MR) is 109 cm³/mol. The van der Waals surface area contributed by atoms with Crippen LogP contribution in [0.1, 0.15) is 5.56 Å². The molecule has 0 radical (unpaired) electrons. The molecule has 4 aromatic rings. The normalized spacial score (nSPS) is 10.6. The Hall–Kier alpha value is -3.87. The van der Waals surface area contributed by atoms with Gasteiger partial charge in [-0.1, -0.05) is 29.4 Å². The molecule has 0 bridgehead atoms. The number of hydrogen-bond donors (Lipinski definition) is 0. The molecule has 1 heterocycles. The lowest BCUT2D eigenvalue weighted by atomic mass is 10.2. The highest BCUT2D eigenvalue weighted by Crippen LogP contribution is 2.33. The van der Waals surface area contributed by atoms with Crippen molar-refractivity contribution in [2.45, 2.75) is 6.61 Å². The van der Waals surface area contributed by atoms with Gasteiger partial charge in [0, 0.05) is 16.7 Å². The Morgan fingerprint density at radius 3 is 2.53 bits per heavy atom. The average Bonchev–Trinajstić information content (AvgIpc) is 3.29. The number of rotatable bonds is 7. The number of methoxy groups -OCH3 is 2. The first-order valence-corrected chi connectivity index (χ1v) is 9.20. The van der Waals surface area contributed by atoms with Gasteiger partial charge in [0.25, 0.3) is 5.89 Å². The van der Waals surface area contributed by atoms with Crippen molar-refractivity contribution in [3.8, 4) is 40.1 Å². The van der Waals surface area contributed by atoms with Crippen molar-refractivity contribution in [3.63, 3.8) is 0 Å². The maximum absolute atomic E-state index is 13.8. The van der Waals surface area contributed by atoms with Crippen molar-refractivity contribution in [1.82, 2.24) is 10.1 Å². The van der Waals surface area contributed by atoms with E-state index < -0.39 is 0 Å². The number of aromatic nitrogens is 2. The second-order valence-electron chi connectivity index (χ2n) is 6.40. The molecule has 0 saturated heterocycles. The predicted octanol–water partition coefficient (Wildman–Crippen LogP) is 5.14. The van der Waals surface area contributed by atoms with E-state index in [1.165, 1.54) is 13.2 Å². The minimum Gasteiger partial charge on any atom is -0.497 e. The molecule has 0 amide bonds. The summed E-state index contributed by atoms with van der Waals surface area (Å²) < 4.78 is 35.6. The Balaban J connectivity index is 1.55. The second kappa shape index (κ2) is 8.65. The maximum atomic E-state index is 13.8. The Bertz CT molecular complexity index is 1160. The molecule has 0 spiro atoms. The number of nitrogens with zero attached hydrogens (tertiary/aromatic N) is 2. The Labute approximate surface area is 172 Å². The van der Waals surface area contributed by atoms with E-state index in [1.54, 1.807) is 43.5 Å². The molecule has 0 saturated carbocycles. The highest BCUT2D eigenvalue weighted by Gasteiger charge is 2.14. The summed E-state index contributed by atoms with van der Waals surface area (Å²) in [4.78, 5) is 4.46. The number of hydrogen-bond acceptors (Lipinski definition) is 6. The van der Waals surface area contributed by atoms with Gasteiger partial charge in [0.05, 0.1) is 14.2 Å². The van der Waals surface area contributed by atoms with Crippen molar-refractivity contribution in [2.75, 3.05) is 14.2 Å². The van der Waals surface area contributed by atoms with Gasteiger partial charge in [-0.05, 0) is 42.5 Å². The van der Waals surface area contributed by atoms with Gasteiger partial charge in [-0.3, -0.25) is 0 Å². The van der Waals surface area contributed by atoms with Gasteiger partial charge in [0.1, 0.15) is 18.2 Å². The summed E-state index contributed by atoms with van der Waals surface area (Å²) in [7, 11) is 3.13. The molecular formula is C23H19FN2O4. The van der Waals surface area contributed by atoms with E-state index in [1.807, 2.05) is 24.3 Å². The highest BCUT2D eigenvalue weighted by molar-refractivity contribution is 5.64. The Morgan fingerprint density at radius 2 is 1.73 bits per heavy atom. The van der Waals surface area contributed by atoms with Gasteiger partial charge in [0.2, 0.25) is 5.82 Å². The first-order chi connectivity index (χ1) is 14.7. The monoisotopic (exact) mass is 406 g/mol. The van der Waals surface area contributed by atoms with Crippen LogP contribution in [0.3, 0.4) is 0 Å². The van der Waals surface area contributed by atoms with E-state index in [-0.39, 0.29) is 12.4 Å². The fraction of sp³-hybridized carbons (Fsp3) is 0.130. The van der Waals surface area contributed by atoms with E-state index >= 15 is 0 Å². The zero-order valence-electron chi connectivity index (χ0n) is 16.5. The molecule has 7 heteroatoms. The lowest BCUT2D eigenvalue weighted by Gasteiger charge is -2.11. The van der Waals surface area contributed by atoms with Crippen LogP contribution >= 0.6 is 0 Å². The lowest BCUT2D eigenvalue weighted by Crippen LogP contribution is -2.00. The summed E-state index contributed by atoms with van der Waals surface area (Å²) >= 11 is 0. The van der Waals surface area contributed by atoms with Crippen LogP contribution in [0.4, 0.5) is 4.39 Å². The van der Waals surface area contributed by atoms with Crippen molar-refractivity contribution < 1.29 is 23.1 Å². The van der Waals surface area contributed by atoms with Gasteiger partial charge < -0.3 is 18.7 Å². The van der Waals surface area contributed by atoms with Gasteiger partial charge in [-0.25, -0.2) is 4.39 Å². The molecule has 0 atom stereocenters. The Morgan fingerprint density at radius 1 is 0.867 bits per heavy atom. The number of benzene rings is 3. The smallest absolute Gasteiger partial charge is 0.258 e. The minimum absolute atomic E-state index is 0.0879. The molecule has 0 fully saturated rings. The summed E-state index contributed by atoms with van der Waals surface area (Å²) in [6.07, 6.45) is 0. The van der Waals surface area contributed by atoms with Gasteiger partial charge in [0.15, 0.2) is 11.5 Å². The van der Waals surface area contributed by atoms with Crippen LogP contribution in [0, 0.1) is 5.82 Å². The fourth-order valence-electron chi connectivity index (χ4n) is 2.91. The highest BCUT2D eigenvalue weighted by atomic mass is 19.1. The molecule has 0 N–H and O–H groups in total. The molecule has 0 aliphatic rings. The summed E-state index contributed by atoms with van der Waals surface area (Å²) in [5.74, 6) is 2.14. The number of halogens is 1. The molecule has 152 valence electrons. The van der Waals surface area contributed by atoms with Crippen LogP contribution in [0.15, 0.2) is 71.3 Å². The third-order valence-electron chi connectivity index (χ3n) is 4.51. The van der Waals surface area contributed by atoms with E-state index in [0.29, 0.717) is 40.1 Å². The van der Waals surface area contributed by atoms with Crippen molar-refractivity contribution in [1.29, 1.82) is 0 Å². The minimum atomic E-state index is -0.315. The second-order valence-corrected chi connectivity index (χ2v) is 6.40. The van der Waals surface area contributed by atoms with Crippen LogP contribution in [-0.4, -0.2) is 24.4 Å². The van der Waals surface area contributed by atoms with E-state index in [2.05, 4.69) is 10.1 Å². The van der Waals surface area contributed by atoms with Crippen LogP contribution in [-0.2, 0) is 6.61 Å². The quantitative estimate of drug-likeness (QED) is 0.423. The third-order valence-corrected chi connectivity index (χ3v) is 4.51. The molecule has 0 unspecified atom stereocenters. The summed E-state index contributed by atoms with van der Waals surface area (Å²) in [6, 6.07) is 19.1. The average molecular weight is 406 g/mol. The van der Waals surface area contributed by atoms with Crippen LogP contribution in [0.5, 0.6) is 17.2 Å². The molecule has 30 heavy (non-hydrogen) atoms. The summed E-state index contributed by atoms with van der Waals surface area (Å²) in [6.45, 7) is 0.0879. The maximum Gasteiger partial charge on any atom is 0.258 e. The van der Waals surface area contributed by atoms with Crippen molar-refractivity contribution in [2.24, 2.45) is 0 Å². The van der Waals surface area contributed by atoms with Crippen LogP contribution in [0.25, 0.3) is 22.8 Å².